The molecule has 2 rings (SSSR count). The summed E-state index contributed by atoms with van der Waals surface area (Å²) >= 11 is 1.61. The predicted molar refractivity (Wildman–Crippen MR) is 61.5 cm³/mol. The number of rotatable bonds is 5. The van der Waals surface area contributed by atoms with Crippen LogP contribution in [-0.2, 0) is 11.3 Å². The van der Waals surface area contributed by atoms with E-state index in [9.17, 15) is 4.79 Å². The summed E-state index contributed by atoms with van der Waals surface area (Å²) in [6.45, 7) is 4.02. The van der Waals surface area contributed by atoms with Crippen LogP contribution in [0.25, 0.3) is 0 Å². The Hall–Kier alpha value is -0.980. The third kappa shape index (κ3) is 2.58. The first-order valence-electron chi connectivity index (χ1n) is 5.18. The second-order valence-corrected chi connectivity index (χ2v) is 5.23. The van der Waals surface area contributed by atoms with Crippen LogP contribution >= 0.6 is 11.3 Å². The number of thiazole rings is 1. The number of nitrogens with zero attached hydrogens (tertiary/aromatic N) is 1. The fraction of sp³-hybridized carbons (Fsp3) is 0.600. The van der Waals surface area contributed by atoms with Crippen molar-refractivity contribution in [2.75, 3.05) is 13.1 Å². The van der Waals surface area contributed by atoms with Gasteiger partial charge in [-0.2, -0.15) is 0 Å². The smallest absolute Gasteiger partial charge is 0.305 e. The first-order chi connectivity index (χ1) is 7.60. The normalized spacial score (nSPS) is 18.1. The molecule has 1 fully saturated rings. The topological polar surface area (TPSA) is 74.2 Å². The molecule has 0 aromatic carbocycles. The van der Waals surface area contributed by atoms with E-state index < -0.39 is 5.97 Å². The molecule has 0 spiro atoms. The van der Waals surface area contributed by atoms with E-state index in [1.165, 1.54) is 0 Å². The SMILES string of the molecule is Cc1nc(CNC2(CC(=O)O)CNC2)cs1. The molecule has 1 aliphatic heterocycles. The van der Waals surface area contributed by atoms with Gasteiger partial charge in [0.25, 0.3) is 0 Å². The molecule has 1 saturated heterocycles. The summed E-state index contributed by atoms with van der Waals surface area (Å²) in [4.78, 5) is 15.1. The largest absolute Gasteiger partial charge is 0.481 e. The van der Waals surface area contributed by atoms with Gasteiger partial charge in [-0.1, -0.05) is 0 Å². The van der Waals surface area contributed by atoms with Crippen LogP contribution in [-0.4, -0.2) is 34.7 Å². The first-order valence-corrected chi connectivity index (χ1v) is 6.06. The minimum absolute atomic E-state index is 0.156. The summed E-state index contributed by atoms with van der Waals surface area (Å²) < 4.78 is 0. The predicted octanol–water partition coefficient (Wildman–Crippen LogP) is 0.358. The van der Waals surface area contributed by atoms with Gasteiger partial charge in [0.1, 0.15) is 0 Å². The number of nitrogens with one attached hydrogen (secondary N) is 2. The van der Waals surface area contributed by atoms with Gasteiger partial charge in [0.2, 0.25) is 0 Å². The van der Waals surface area contributed by atoms with Crippen molar-refractivity contribution >= 4 is 17.3 Å². The van der Waals surface area contributed by atoms with Crippen LogP contribution in [0.2, 0.25) is 0 Å². The molecule has 1 aromatic heterocycles. The van der Waals surface area contributed by atoms with Gasteiger partial charge in [-0.25, -0.2) is 4.98 Å². The average Bonchev–Trinajstić information content (AvgIpc) is 2.55. The Morgan fingerprint density at radius 1 is 1.75 bits per heavy atom. The Morgan fingerprint density at radius 2 is 2.50 bits per heavy atom. The Morgan fingerprint density at radius 3 is 2.94 bits per heavy atom. The monoisotopic (exact) mass is 241 g/mol. The minimum Gasteiger partial charge on any atom is -0.481 e. The van der Waals surface area contributed by atoms with Crippen molar-refractivity contribution in [1.29, 1.82) is 0 Å². The fourth-order valence-electron chi connectivity index (χ4n) is 1.80. The van der Waals surface area contributed by atoms with Crippen molar-refractivity contribution in [2.24, 2.45) is 0 Å². The molecule has 0 aliphatic carbocycles. The Balaban J connectivity index is 1.90. The molecule has 16 heavy (non-hydrogen) atoms. The second-order valence-electron chi connectivity index (χ2n) is 4.17. The number of aryl methyl sites for hydroxylation is 1. The Bertz CT molecular complexity index is 387. The highest BCUT2D eigenvalue weighted by Crippen LogP contribution is 2.17. The molecule has 0 bridgehead atoms. The molecular weight excluding hydrogens is 226 g/mol. The van der Waals surface area contributed by atoms with Crippen LogP contribution in [0, 0.1) is 6.92 Å². The van der Waals surface area contributed by atoms with Gasteiger partial charge in [0, 0.05) is 25.0 Å². The molecule has 0 amide bonds. The van der Waals surface area contributed by atoms with Gasteiger partial charge in [-0.15, -0.1) is 11.3 Å². The zero-order chi connectivity index (χ0) is 11.6. The first kappa shape index (κ1) is 11.5. The number of carbonyl (C=O) groups is 1. The summed E-state index contributed by atoms with van der Waals surface area (Å²) in [7, 11) is 0. The van der Waals surface area contributed by atoms with E-state index in [4.69, 9.17) is 5.11 Å². The van der Waals surface area contributed by atoms with Crippen molar-refractivity contribution in [1.82, 2.24) is 15.6 Å². The maximum Gasteiger partial charge on any atom is 0.305 e. The molecule has 1 aliphatic rings. The van der Waals surface area contributed by atoms with Crippen LogP contribution in [0.1, 0.15) is 17.1 Å². The maximum atomic E-state index is 10.7. The third-order valence-electron chi connectivity index (χ3n) is 2.73. The fourth-order valence-corrected chi connectivity index (χ4v) is 2.41. The molecule has 0 atom stereocenters. The summed E-state index contributed by atoms with van der Waals surface area (Å²) in [5.74, 6) is -0.761. The van der Waals surface area contributed by atoms with Gasteiger partial charge >= 0.3 is 5.97 Å². The highest BCUT2D eigenvalue weighted by atomic mass is 32.1. The van der Waals surface area contributed by atoms with Crippen LogP contribution in [0.3, 0.4) is 0 Å². The summed E-state index contributed by atoms with van der Waals surface area (Å²) in [6, 6.07) is 0. The third-order valence-corrected chi connectivity index (χ3v) is 3.55. The van der Waals surface area contributed by atoms with E-state index in [0.29, 0.717) is 19.6 Å². The summed E-state index contributed by atoms with van der Waals surface area (Å²) in [5.41, 5.74) is 0.697. The summed E-state index contributed by atoms with van der Waals surface area (Å²) in [5, 5.41) is 18.3. The minimum atomic E-state index is -0.761. The molecule has 2 heterocycles. The van der Waals surface area contributed by atoms with E-state index in [0.717, 1.165) is 10.7 Å². The number of hydrogen-bond donors (Lipinski definition) is 3. The number of aromatic nitrogens is 1. The molecule has 0 radical (unpaired) electrons. The zero-order valence-electron chi connectivity index (χ0n) is 9.12. The maximum absolute atomic E-state index is 10.7. The summed E-state index contributed by atoms with van der Waals surface area (Å²) in [6.07, 6.45) is 0.156. The number of hydrogen-bond acceptors (Lipinski definition) is 5. The second kappa shape index (κ2) is 4.48. The number of carboxylic acid groups (broad SMARTS) is 1. The lowest BCUT2D eigenvalue weighted by molar-refractivity contribution is -0.139. The van der Waals surface area contributed by atoms with Crippen molar-refractivity contribution in [3.05, 3.63) is 16.1 Å². The average molecular weight is 241 g/mol. The van der Waals surface area contributed by atoms with Crippen molar-refractivity contribution in [3.63, 3.8) is 0 Å². The highest BCUT2D eigenvalue weighted by molar-refractivity contribution is 7.09. The quantitative estimate of drug-likeness (QED) is 0.694. The molecular formula is C10H15N3O2S. The van der Waals surface area contributed by atoms with Gasteiger partial charge in [0.15, 0.2) is 0 Å². The molecule has 88 valence electrons. The van der Waals surface area contributed by atoms with E-state index in [1.54, 1.807) is 11.3 Å². The van der Waals surface area contributed by atoms with Crippen molar-refractivity contribution in [2.45, 2.75) is 25.4 Å². The Labute approximate surface area is 97.9 Å². The Kier molecular flexibility index (Phi) is 3.22. The molecule has 0 saturated carbocycles. The van der Waals surface area contributed by atoms with Crippen LogP contribution in [0.4, 0.5) is 0 Å². The van der Waals surface area contributed by atoms with E-state index in [2.05, 4.69) is 15.6 Å². The highest BCUT2D eigenvalue weighted by Gasteiger charge is 2.38. The van der Waals surface area contributed by atoms with E-state index in [-0.39, 0.29) is 12.0 Å². The lowest BCUT2D eigenvalue weighted by atomic mass is 9.88. The standard InChI is InChI=1S/C10H15N3O2S/c1-7-13-8(4-16-7)3-12-10(2-9(14)15)5-11-6-10/h4,11-12H,2-3,5-6H2,1H3,(H,14,15). The lowest BCUT2D eigenvalue weighted by Gasteiger charge is -2.42. The van der Waals surface area contributed by atoms with Crippen molar-refractivity contribution < 1.29 is 9.90 Å². The van der Waals surface area contributed by atoms with Gasteiger partial charge in [0.05, 0.1) is 22.7 Å². The number of aliphatic carboxylic acids is 1. The van der Waals surface area contributed by atoms with Gasteiger partial charge < -0.3 is 15.7 Å². The molecule has 5 nitrogen and oxygen atoms in total. The van der Waals surface area contributed by atoms with E-state index >= 15 is 0 Å². The molecule has 0 unspecified atom stereocenters. The molecule has 6 heteroatoms. The van der Waals surface area contributed by atoms with Gasteiger partial charge in [-0.05, 0) is 6.92 Å². The molecule has 1 aromatic rings. The van der Waals surface area contributed by atoms with Gasteiger partial charge in [-0.3, -0.25) is 4.79 Å². The van der Waals surface area contributed by atoms with E-state index in [1.807, 2.05) is 12.3 Å². The lowest BCUT2D eigenvalue weighted by Crippen LogP contribution is -2.68. The zero-order valence-corrected chi connectivity index (χ0v) is 9.93. The van der Waals surface area contributed by atoms with Crippen molar-refractivity contribution in [3.8, 4) is 0 Å². The van der Waals surface area contributed by atoms with Crippen LogP contribution < -0.4 is 10.6 Å². The van der Waals surface area contributed by atoms with Crippen LogP contribution in [0.15, 0.2) is 5.38 Å². The van der Waals surface area contributed by atoms with Crippen LogP contribution in [0.5, 0.6) is 0 Å². The number of carboxylic acids is 1. The molecule has 3 N–H and O–H groups in total.